The molecule has 9 heteroatoms. The number of ketones is 1. The van der Waals surface area contributed by atoms with E-state index in [2.05, 4.69) is 9.88 Å². The van der Waals surface area contributed by atoms with Crippen molar-refractivity contribution in [3.05, 3.63) is 30.0 Å². The summed E-state index contributed by atoms with van der Waals surface area (Å²) in [4.78, 5) is 48.5. The highest BCUT2D eigenvalue weighted by molar-refractivity contribution is 6.45. The van der Waals surface area contributed by atoms with Gasteiger partial charge in [0, 0.05) is 63.3 Å². The lowest BCUT2D eigenvalue weighted by Gasteiger charge is -2.31. The zero-order chi connectivity index (χ0) is 20.5. The van der Waals surface area contributed by atoms with Crippen LogP contribution in [0.15, 0.2) is 24.4 Å². The van der Waals surface area contributed by atoms with Crippen molar-refractivity contribution < 1.29 is 14.4 Å². The van der Waals surface area contributed by atoms with Crippen molar-refractivity contribution in [3.8, 4) is 0 Å². The summed E-state index contributed by atoms with van der Waals surface area (Å²) in [7, 11) is 2.00. The van der Waals surface area contributed by atoms with Gasteiger partial charge in [-0.25, -0.2) is 4.79 Å². The first-order chi connectivity index (χ1) is 14.0. The van der Waals surface area contributed by atoms with E-state index in [1.54, 1.807) is 33.0 Å². The lowest BCUT2D eigenvalue weighted by molar-refractivity contribution is -0.127. The second-order valence-corrected chi connectivity index (χ2v) is 7.81. The molecule has 2 aromatic rings. The number of hydrogen-bond acceptors (Lipinski definition) is 4. The Morgan fingerprint density at radius 2 is 1.86 bits per heavy atom. The van der Waals surface area contributed by atoms with Gasteiger partial charge >= 0.3 is 6.03 Å². The molecule has 3 amide bonds. The number of nitrogens with one attached hydrogen (secondary N) is 1. The highest BCUT2D eigenvalue weighted by Crippen LogP contribution is 2.31. The van der Waals surface area contributed by atoms with Crippen LogP contribution in [0.1, 0.15) is 10.4 Å². The number of urea groups is 1. The quantitative estimate of drug-likeness (QED) is 0.455. The number of halogens is 1. The Morgan fingerprint density at radius 1 is 1.10 bits per heavy atom. The second kappa shape index (κ2) is 8.04. The molecule has 2 aliphatic heterocycles. The van der Waals surface area contributed by atoms with Crippen molar-refractivity contribution in [2.45, 2.75) is 0 Å². The number of piperazine rings is 1. The SMILES string of the molecule is CN1CCN(C(=O)C(=O)c2c[nH]c3c(N4CCN(CCCl)C4=O)cccc23)CC1. The van der Waals surface area contributed by atoms with Gasteiger partial charge in [-0.2, -0.15) is 0 Å². The molecule has 3 heterocycles. The summed E-state index contributed by atoms with van der Waals surface area (Å²) in [5.41, 5.74) is 1.73. The van der Waals surface area contributed by atoms with E-state index < -0.39 is 11.7 Å². The van der Waals surface area contributed by atoms with Gasteiger partial charge in [-0.3, -0.25) is 14.5 Å². The van der Waals surface area contributed by atoms with Crippen molar-refractivity contribution in [1.82, 2.24) is 19.7 Å². The minimum Gasteiger partial charge on any atom is -0.359 e. The number of alkyl halides is 1. The summed E-state index contributed by atoms with van der Waals surface area (Å²) < 4.78 is 0. The third-order valence-electron chi connectivity index (χ3n) is 5.66. The molecule has 154 valence electrons. The average molecular weight is 418 g/mol. The van der Waals surface area contributed by atoms with Crippen molar-refractivity contribution in [1.29, 1.82) is 0 Å². The maximum Gasteiger partial charge on any atom is 0.324 e. The monoisotopic (exact) mass is 417 g/mol. The molecule has 0 atom stereocenters. The van der Waals surface area contributed by atoms with Crippen LogP contribution in [0.5, 0.6) is 0 Å². The first kappa shape index (κ1) is 19.7. The molecule has 2 aliphatic rings. The molecule has 2 saturated heterocycles. The molecule has 2 fully saturated rings. The van der Waals surface area contributed by atoms with E-state index in [1.165, 1.54) is 0 Å². The standard InChI is InChI=1S/C20H24ClN5O3/c1-23-7-9-24(10-8-23)19(28)18(27)15-13-22-17-14(15)3-2-4-16(17)26-12-11-25(6-5-21)20(26)29/h2-4,13,22H,5-12H2,1H3. The van der Waals surface area contributed by atoms with Crippen LogP contribution in [0.2, 0.25) is 0 Å². The summed E-state index contributed by atoms with van der Waals surface area (Å²) in [6.07, 6.45) is 1.57. The van der Waals surface area contributed by atoms with Crippen LogP contribution >= 0.6 is 11.6 Å². The normalized spacial score (nSPS) is 18.1. The molecule has 0 radical (unpaired) electrons. The first-order valence-electron chi connectivity index (χ1n) is 9.76. The Hall–Kier alpha value is -2.58. The smallest absolute Gasteiger partial charge is 0.324 e. The van der Waals surface area contributed by atoms with Gasteiger partial charge in [0.1, 0.15) is 0 Å². The van der Waals surface area contributed by atoms with Gasteiger partial charge < -0.3 is 19.7 Å². The highest BCUT2D eigenvalue weighted by atomic mass is 35.5. The number of likely N-dealkylation sites (N-methyl/N-ethyl adjacent to an activating group) is 1. The van der Waals surface area contributed by atoms with Crippen LogP contribution in [-0.4, -0.2) is 96.1 Å². The minimum atomic E-state index is -0.519. The van der Waals surface area contributed by atoms with Gasteiger partial charge in [-0.1, -0.05) is 12.1 Å². The summed E-state index contributed by atoms with van der Waals surface area (Å²) in [6.45, 7) is 4.27. The van der Waals surface area contributed by atoms with Crippen molar-refractivity contribution >= 4 is 45.9 Å². The lowest BCUT2D eigenvalue weighted by Crippen LogP contribution is -2.49. The number of H-pyrrole nitrogens is 1. The van der Waals surface area contributed by atoms with Crippen LogP contribution in [0.3, 0.4) is 0 Å². The Morgan fingerprint density at radius 3 is 2.59 bits per heavy atom. The number of benzene rings is 1. The first-order valence-corrected chi connectivity index (χ1v) is 10.3. The molecule has 4 rings (SSSR count). The Kier molecular flexibility index (Phi) is 5.47. The maximum absolute atomic E-state index is 12.9. The van der Waals surface area contributed by atoms with Crippen LogP contribution in [0.4, 0.5) is 10.5 Å². The van der Waals surface area contributed by atoms with Gasteiger partial charge in [0.15, 0.2) is 0 Å². The summed E-state index contributed by atoms with van der Waals surface area (Å²) in [5.74, 6) is -0.608. The number of carbonyl (C=O) groups excluding carboxylic acids is 3. The van der Waals surface area contributed by atoms with Crippen molar-refractivity contribution in [2.24, 2.45) is 0 Å². The number of Topliss-reactive ketones (excluding diaryl/α,β-unsaturated/α-hetero) is 1. The fourth-order valence-corrected chi connectivity index (χ4v) is 4.14. The molecular weight excluding hydrogens is 394 g/mol. The number of anilines is 1. The fourth-order valence-electron chi connectivity index (χ4n) is 3.94. The lowest BCUT2D eigenvalue weighted by atomic mass is 10.1. The molecule has 1 N–H and O–H groups in total. The zero-order valence-corrected chi connectivity index (χ0v) is 17.1. The second-order valence-electron chi connectivity index (χ2n) is 7.44. The van der Waals surface area contributed by atoms with E-state index in [0.29, 0.717) is 60.8 Å². The maximum atomic E-state index is 12.9. The number of amides is 3. The molecular formula is C20H24ClN5O3. The van der Waals surface area contributed by atoms with E-state index in [1.807, 2.05) is 13.1 Å². The predicted octanol–water partition coefficient (Wildman–Crippen LogP) is 1.61. The molecule has 0 aliphatic carbocycles. The number of nitrogens with zero attached hydrogens (tertiary/aromatic N) is 4. The number of fused-ring (bicyclic) bond motifs is 1. The van der Waals surface area contributed by atoms with Gasteiger partial charge in [0.2, 0.25) is 0 Å². The van der Waals surface area contributed by atoms with Gasteiger partial charge in [0.25, 0.3) is 11.7 Å². The number of para-hydroxylation sites is 1. The van der Waals surface area contributed by atoms with E-state index in [-0.39, 0.29) is 6.03 Å². The van der Waals surface area contributed by atoms with E-state index in [0.717, 1.165) is 13.1 Å². The average Bonchev–Trinajstić information content (AvgIpc) is 3.32. The van der Waals surface area contributed by atoms with E-state index in [4.69, 9.17) is 11.6 Å². The highest BCUT2D eigenvalue weighted by Gasteiger charge is 2.32. The van der Waals surface area contributed by atoms with Crippen LogP contribution < -0.4 is 4.90 Å². The summed E-state index contributed by atoms with van der Waals surface area (Å²) in [6, 6.07) is 5.35. The van der Waals surface area contributed by atoms with Gasteiger partial charge in [-0.05, 0) is 13.1 Å². The van der Waals surface area contributed by atoms with Crippen LogP contribution in [0.25, 0.3) is 10.9 Å². The Labute approximate surface area is 174 Å². The summed E-state index contributed by atoms with van der Waals surface area (Å²) >= 11 is 5.78. The third-order valence-corrected chi connectivity index (χ3v) is 5.83. The fraction of sp³-hybridized carbons (Fsp3) is 0.450. The van der Waals surface area contributed by atoms with Crippen molar-refractivity contribution in [3.63, 3.8) is 0 Å². The topological polar surface area (TPSA) is 80.0 Å². The molecule has 0 spiro atoms. The number of aromatic amines is 1. The van der Waals surface area contributed by atoms with Crippen LogP contribution in [0, 0.1) is 0 Å². The number of hydrogen-bond donors (Lipinski definition) is 1. The predicted molar refractivity (Wildman–Crippen MR) is 112 cm³/mol. The third kappa shape index (κ3) is 3.58. The Bertz CT molecular complexity index is 951. The number of aromatic nitrogens is 1. The number of rotatable bonds is 5. The van der Waals surface area contributed by atoms with Gasteiger partial charge in [0.05, 0.1) is 16.8 Å². The van der Waals surface area contributed by atoms with E-state index >= 15 is 0 Å². The minimum absolute atomic E-state index is 0.103. The number of carbonyl (C=O) groups is 3. The largest absolute Gasteiger partial charge is 0.359 e. The molecule has 8 nitrogen and oxygen atoms in total. The van der Waals surface area contributed by atoms with Gasteiger partial charge in [-0.15, -0.1) is 11.6 Å². The molecule has 0 unspecified atom stereocenters. The molecule has 0 bridgehead atoms. The zero-order valence-electron chi connectivity index (χ0n) is 16.4. The van der Waals surface area contributed by atoms with Crippen molar-refractivity contribution in [2.75, 3.05) is 63.6 Å². The van der Waals surface area contributed by atoms with E-state index in [9.17, 15) is 14.4 Å². The molecule has 29 heavy (non-hydrogen) atoms. The molecule has 1 aromatic heterocycles. The summed E-state index contributed by atoms with van der Waals surface area (Å²) in [5, 5.41) is 0.651. The Balaban J connectivity index is 1.60. The molecule has 0 saturated carbocycles. The van der Waals surface area contributed by atoms with Crippen LogP contribution in [-0.2, 0) is 4.79 Å². The molecule has 1 aromatic carbocycles.